The highest BCUT2D eigenvalue weighted by atomic mass is 16.5. The van der Waals surface area contributed by atoms with Gasteiger partial charge in [0.1, 0.15) is 12.3 Å². The Morgan fingerprint density at radius 3 is 2.33 bits per heavy atom. The van der Waals surface area contributed by atoms with Gasteiger partial charge < -0.3 is 15.0 Å². The molecule has 0 aliphatic rings. The Morgan fingerprint density at radius 2 is 1.75 bits per heavy atom. The van der Waals surface area contributed by atoms with Crippen molar-refractivity contribution in [2.75, 3.05) is 18.6 Å². The molecule has 0 spiro atoms. The summed E-state index contributed by atoms with van der Waals surface area (Å²) in [6.45, 7) is 3.87. The van der Waals surface area contributed by atoms with Gasteiger partial charge in [0, 0.05) is 19.2 Å². The molecule has 2 aromatic carbocycles. The van der Waals surface area contributed by atoms with E-state index in [1.165, 1.54) is 11.8 Å². The zero-order chi connectivity index (χ0) is 17.5. The summed E-state index contributed by atoms with van der Waals surface area (Å²) < 4.78 is 5.11. The Bertz CT molecular complexity index is 711. The van der Waals surface area contributed by atoms with Crippen LogP contribution in [0.5, 0.6) is 5.75 Å². The van der Waals surface area contributed by atoms with Crippen LogP contribution in [0.15, 0.2) is 48.5 Å². The van der Waals surface area contributed by atoms with Crippen LogP contribution in [0.25, 0.3) is 0 Å². The third-order valence-electron chi connectivity index (χ3n) is 3.80. The summed E-state index contributed by atoms with van der Waals surface area (Å²) in [4.78, 5) is 25.5. The lowest BCUT2D eigenvalue weighted by molar-refractivity contribution is -0.123. The van der Waals surface area contributed by atoms with Gasteiger partial charge in [-0.3, -0.25) is 9.59 Å². The number of nitrogens with one attached hydrogen (secondary N) is 1. The van der Waals surface area contributed by atoms with Crippen LogP contribution in [-0.4, -0.2) is 25.5 Å². The minimum atomic E-state index is -0.204. The molecule has 0 unspecified atom stereocenters. The average molecular weight is 326 g/mol. The largest absolute Gasteiger partial charge is 0.497 e. The number of carbonyl (C=O) groups is 2. The second kappa shape index (κ2) is 8.15. The normalized spacial score (nSPS) is 10.1. The summed E-state index contributed by atoms with van der Waals surface area (Å²) >= 11 is 0. The first-order valence-electron chi connectivity index (χ1n) is 7.74. The van der Waals surface area contributed by atoms with Crippen molar-refractivity contribution in [2.45, 2.75) is 20.4 Å². The number of amides is 2. The SMILES string of the molecule is COc1ccc(N(CC(=O)NCc2ccccc2C)C(C)=O)cc1. The maximum atomic E-state index is 12.2. The van der Waals surface area contributed by atoms with Crippen molar-refractivity contribution >= 4 is 17.5 Å². The smallest absolute Gasteiger partial charge is 0.240 e. The molecule has 24 heavy (non-hydrogen) atoms. The van der Waals surface area contributed by atoms with Crippen molar-refractivity contribution in [3.05, 3.63) is 59.7 Å². The van der Waals surface area contributed by atoms with Crippen molar-refractivity contribution in [3.63, 3.8) is 0 Å². The van der Waals surface area contributed by atoms with Crippen molar-refractivity contribution in [1.29, 1.82) is 0 Å². The molecular weight excluding hydrogens is 304 g/mol. The zero-order valence-corrected chi connectivity index (χ0v) is 14.2. The minimum Gasteiger partial charge on any atom is -0.497 e. The number of anilines is 1. The van der Waals surface area contributed by atoms with Gasteiger partial charge in [-0.2, -0.15) is 0 Å². The van der Waals surface area contributed by atoms with Crippen LogP contribution in [-0.2, 0) is 16.1 Å². The zero-order valence-electron chi connectivity index (χ0n) is 14.2. The first-order valence-corrected chi connectivity index (χ1v) is 7.74. The number of hydrogen-bond donors (Lipinski definition) is 1. The van der Waals surface area contributed by atoms with Crippen molar-refractivity contribution in [2.24, 2.45) is 0 Å². The summed E-state index contributed by atoms with van der Waals surface area (Å²) in [7, 11) is 1.58. The molecule has 5 nitrogen and oxygen atoms in total. The van der Waals surface area contributed by atoms with Crippen LogP contribution in [0.3, 0.4) is 0 Å². The summed E-state index contributed by atoms with van der Waals surface area (Å²) in [6.07, 6.45) is 0. The molecule has 0 saturated heterocycles. The van der Waals surface area contributed by atoms with Gasteiger partial charge in [0.2, 0.25) is 11.8 Å². The van der Waals surface area contributed by atoms with Crippen LogP contribution >= 0.6 is 0 Å². The number of aryl methyl sites for hydroxylation is 1. The highest BCUT2D eigenvalue weighted by molar-refractivity contribution is 5.97. The second-order valence-electron chi connectivity index (χ2n) is 5.51. The number of rotatable bonds is 6. The lowest BCUT2D eigenvalue weighted by Gasteiger charge is -2.21. The van der Waals surface area contributed by atoms with E-state index in [0.717, 1.165) is 11.1 Å². The fourth-order valence-corrected chi connectivity index (χ4v) is 2.35. The van der Waals surface area contributed by atoms with Gasteiger partial charge in [0.15, 0.2) is 0 Å². The maximum Gasteiger partial charge on any atom is 0.240 e. The quantitative estimate of drug-likeness (QED) is 0.888. The van der Waals surface area contributed by atoms with Crippen LogP contribution in [0, 0.1) is 6.92 Å². The number of nitrogens with zero attached hydrogens (tertiary/aromatic N) is 1. The number of benzene rings is 2. The molecule has 2 aromatic rings. The van der Waals surface area contributed by atoms with Gasteiger partial charge in [-0.1, -0.05) is 24.3 Å². The number of hydrogen-bond acceptors (Lipinski definition) is 3. The fourth-order valence-electron chi connectivity index (χ4n) is 2.35. The first kappa shape index (κ1) is 17.5. The third-order valence-corrected chi connectivity index (χ3v) is 3.80. The van der Waals surface area contributed by atoms with E-state index < -0.39 is 0 Å². The lowest BCUT2D eigenvalue weighted by atomic mass is 10.1. The standard InChI is InChI=1S/C19H22N2O3/c1-14-6-4-5-7-16(14)12-20-19(23)13-21(15(2)22)17-8-10-18(24-3)11-9-17/h4-11H,12-13H2,1-3H3,(H,20,23). The molecule has 0 bridgehead atoms. The maximum absolute atomic E-state index is 12.2. The Morgan fingerprint density at radius 1 is 1.08 bits per heavy atom. The molecule has 0 radical (unpaired) electrons. The summed E-state index contributed by atoms with van der Waals surface area (Å²) in [5.74, 6) is 0.307. The van der Waals surface area contributed by atoms with Gasteiger partial charge >= 0.3 is 0 Å². The summed E-state index contributed by atoms with van der Waals surface area (Å²) in [6, 6.07) is 14.9. The van der Waals surface area contributed by atoms with Crippen LogP contribution in [0.2, 0.25) is 0 Å². The van der Waals surface area contributed by atoms with Crippen molar-refractivity contribution in [1.82, 2.24) is 5.32 Å². The van der Waals surface area contributed by atoms with Gasteiger partial charge in [0.25, 0.3) is 0 Å². The van der Waals surface area contributed by atoms with Gasteiger partial charge in [0.05, 0.1) is 7.11 Å². The van der Waals surface area contributed by atoms with E-state index in [4.69, 9.17) is 4.74 Å². The third kappa shape index (κ3) is 4.59. The van der Waals surface area contributed by atoms with Crippen LogP contribution in [0.4, 0.5) is 5.69 Å². The van der Waals surface area contributed by atoms with Gasteiger partial charge in [-0.15, -0.1) is 0 Å². The van der Waals surface area contributed by atoms with Gasteiger partial charge in [-0.05, 0) is 42.3 Å². The highest BCUT2D eigenvalue weighted by Gasteiger charge is 2.15. The number of methoxy groups -OCH3 is 1. The van der Waals surface area contributed by atoms with E-state index in [9.17, 15) is 9.59 Å². The summed E-state index contributed by atoms with van der Waals surface area (Å²) in [5.41, 5.74) is 2.84. The molecule has 0 heterocycles. The molecule has 126 valence electrons. The van der Waals surface area contributed by atoms with E-state index in [0.29, 0.717) is 18.0 Å². The van der Waals surface area contributed by atoms with Crippen molar-refractivity contribution < 1.29 is 14.3 Å². The topological polar surface area (TPSA) is 58.6 Å². The highest BCUT2D eigenvalue weighted by Crippen LogP contribution is 2.19. The predicted octanol–water partition coefficient (Wildman–Crippen LogP) is 2.67. The van der Waals surface area contributed by atoms with Crippen molar-refractivity contribution in [3.8, 4) is 5.75 Å². The predicted molar refractivity (Wildman–Crippen MR) is 94.0 cm³/mol. The average Bonchev–Trinajstić information content (AvgIpc) is 2.59. The number of carbonyl (C=O) groups excluding carboxylic acids is 2. The first-order chi connectivity index (χ1) is 11.5. The molecule has 2 rings (SSSR count). The van der Waals surface area contributed by atoms with Crippen LogP contribution < -0.4 is 15.0 Å². The molecule has 0 aromatic heterocycles. The van der Waals surface area contributed by atoms with E-state index in [1.54, 1.807) is 31.4 Å². The Labute approximate surface area is 142 Å². The van der Waals surface area contributed by atoms with E-state index in [1.807, 2.05) is 31.2 Å². The monoisotopic (exact) mass is 326 g/mol. The minimum absolute atomic E-state index is 0.0203. The molecule has 0 atom stereocenters. The molecule has 0 aliphatic carbocycles. The molecule has 0 fully saturated rings. The molecule has 1 N–H and O–H groups in total. The Hall–Kier alpha value is -2.82. The second-order valence-corrected chi connectivity index (χ2v) is 5.51. The Kier molecular flexibility index (Phi) is 5.95. The van der Waals surface area contributed by atoms with E-state index in [2.05, 4.69) is 5.32 Å². The van der Waals surface area contributed by atoms with Crippen LogP contribution in [0.1, 0.15) is 18.1 Å². The number of ether oxygens (including phenoxy) is 1. The fraction of sp³-hybridized carbons (Fsp3) is 0.263. The molecular formula is C19H22N2O3. The molecule has 0 saturated carbocycles. The molecule has 2 amide bonds. The summed E-state index contributed by atoms with van der Waals surface area (Å²) in [5, 5.41) is 2.86. The van der Waals surface area contributed by atoms with E-state index >= 15 is 0 Å². The Balaban J connectivity index is 2.00. The lowest BCUT2D eigenvalue weighted by Crippen LogP contribution is -2.39. The molecule has 5 heteroatoms. The van der Waals surface area contributed by atoms with E-state index in [-0.39, 0.29) is 18.4 Å². The van der Waals surface area contributed by atoms with Gasteiger partial charge in [-0.25, -0.2) is 0 Å². The molecule has 0 aliphatic heterocycles.